The predicted molar refractivity (Wildman–Crippen MR) is 78.4 cm³/mol. The van der Waals surface area contributed by atoms with Crippen LogP contribution in [0, 0.1) is 0 Å². The second-order valence-electron chi connectivity index (χ2n) is 4.20. The van der Waals surface area contributed by atoms with Gasteiger partial charge in [0.15, 0.2) is 0 Å². The molecule has 2 N–H and O–H groups in total. The Bertz CT molecular complexity index is 704. The van der Waals surface area contributed by atoms with Crippen molar-refractivity contribution in [3.05, 3.63) is 65.8 Å². The number of para-hydroxylation sites is 1. The summed E-state index contributed by atoms with van der Waals surface area (Å²) in [4.78, 5) is 0. The second kappa shape index (κ2) is 4.78. The molecule has 0 aliphatic heterocycles. The number of rotatable bonds is 2. The van der Waals surface area contributed by atoms with Gasteiger partial charge in [-0.1, -0.05) is 35.9 Å². The number of nitrogens with zero attached hydrogens (tertiary/aromatic N) is 2. The minimum Gasteiger partial charge on any atom is -0.398 e. The first-order chi connectivity index (χ1) is 9.25. The Morgan fingerprint density at radius 3 is 2.53 bits per heavy atom. The minimum absolute atomic E-state index is 0.564. The van der Waals surface area contributed by atoms with Crippen molar-refractivity contribution in [3.8, 4) is 16.9 Å². The molecule has 1 heterocycles. The number of nitrogen functional groups attached to an aromatic ring is 1. The largest absolute Gasteiger partial charge is 0.398 e. The summed E-state index contributed by atoms with van der Waals surface area (Å²) in [6.07, 6.45) is 1.77. The van der Waals surface area contributed by atoms with Crippen LogP contribution in [0.3, 0.4) is 0 Å². The molecule has 0 unspecified atom stereocenters. The summed E-state index contributed by atoms with van der Waals surface area (Å²) in [5.41, 5.74) is 9.40. The highest BCUT2D eigenvalue weighted by molar-refractivity contribution is 6.33. The van der Waals surface area contributed by atoms with Gasteiger partial charge in [-0.25, -0.2) is 4.68 Å². The van der Waals surface area contributed by atoms with E-state index in [4.69, 9.17) is 17.3 Å². The monoisotopic (exact) mass is 269 g/mol. The van der Waals surface area contributed by atoms with Gasteiger partial charge in [0.25, 0.3) is 0 Å². The standard InChI is InChI=1S/C15H12ClN3/c16-13-7-6-11(10-14(13)17)15-8-9-18-19(15)12-4-2-1-3-5-12/h1-10H,17H2. The van der Waals surface area contributed by atoms with E-state index >= 15 is 0 Å². The zero-order valence-corrected chi connectivity index (χ0v) is 10.9. The van der Waals surface area contributed by atoms with Crippen LogP contribution in [-0.2, 0) is 0 Å². The van der Waals surface area contributed by atoms with E-state index in [0.717, 1.165) is 16.9 Å². The number of nitrogens with two attached hydrogens (primary N) is 1. The lowest BCUT2D eigenvalue weighted by molar-refractivity contribution is 0.888. The minimum atomic E-state index is 0.564. The smallest absolute Gasteiger partial charge is 0.0741 e. The third-order valence-corrected chi connectivity index (χ3v) is 3.28. The van der Waals surface area contributed by atoms with Gasteiger partial charge in [0.2, 0.25) is 0 Å². The van der Waals surface area contributed by atoms with E-state index in [1.54, 1.807) is 12.3 Å². The maximum absolute atomic E-state index is 5.95. The number of halogens is 1. The summed E-state index contributed by atoms with van der Waals surface area (Å²) >= 11 is 5.95. The fourth-order valence-corrected chi connectivity index (χ4v) is 2.12. The fourth-order valence-electron chi connectivity index (χ4n) is 2.00. The van der Waals surface area contributed by atoms with Gasteiger partial charge in [-0.15, -0.1) is 0 Å². The third kappa shape index (κ3) is 2.20. The summed E-state index contributed by atoms with van der Waals surface area (Å²) in [5.74, 6) is 0. The first-order valence-electron chi connectivity index (χ1n) is 5.90. The van der Waals surface area contributed by atoms with Gasteiger partial charge in [-0.05, 0) is 30.3 Å². The molecule has 1 aromatic heterocycles. The quantitative estimate of drug-likeness (QED) is 0.720. The van der Waals surface area contributed by atoms with Crippen LogP contribution in [-0.4, -0.2) is 9.78 Å². The summed E-state index contributed by atoms with van der Waals surface area (Å²) < 4.78 is 1.88. The van der Waals surface area contributed by atoms with E-state index in [1.807, 2.05) is 53.2 Å². The highest BCUT2D eigenvalue weighted by atomic mass is 35.5. The molecule has 94 valence electrons. The van der Waals surface area contributed by atoms with Crippen molar-refractivity contribution in [1.29, 1.82) is 0 Å². The summed E-state index contributed by atoms with van der Waals surface area (Å²) in [5, 5.41) is 4.92. The lowest BCUT2D eigenvalue weighted by Gasteiger charge is -2.08. The number of aromatic nitrogens is 2. The predicted octanol–water partition coefficient (Wildman–Crippen LogP) is 3.77. The third-order valence-electron chi connectivity index (χ3n) is 2.94. The van der Waals surface area contributed by atoms with Crippen LogP contribution in [0.5, 0.6) is 0 Å². The highest BCUT2D eigenvalue weighted by Crippen LogP contribution is 2.27. The molecule has 0 aliphatic rings. The maximum atomic E-state index is 5.95. The van der Waals surface area contributed by atoms with Gasteiger partial charge in [0.1, 0.15) is 0 Å². The Hall–Kier alpha value is -2.26. The van der Waals surface area contributed by atoms with Crippen LogP contribution in [0.1, 0.15) is 0 Å². The fraction of sp³-hybridized carbons (Fsp3) is 0. The van der Waals surface area contributed by atoms with Crippen molar-refractivity contribution >= 4 is 17.3 Å². The van der Waals surface area contributed by atoms with Crippen molar-refractivity contribution < 1.29 is 0 Å². The average molecular weight is 270 g/mol. The zero-order chi connectivity index (χ0) is 13.2. The molecule has 2 aromatic carbocycles. The van der Waals surface area contributed by atoms with Gasteiger partial charge >= 0.3 is 0 Å². The van der Waals surface area contributed by atoms with E-state index in [1.165, 1.54) is 0 Å². The van der Waals surface area contributed by atoms with Crippen LogP contribution >= 0.6 is 11.6 Å². The molecule has 4 heteroatoms. The van der Waals surface area contributed by atoms with Gasteiger partial charge in [-0.3, -0.25) is 0 Å². The van der Waals surface area contributed by atoms with E-state index in [0.29, 0.717) is 10.7 Å². The topological polar surface area (TPSA) is 43.8 Å². The first-order valence-corrected chi connectivity index (χ1v) is 6.28. The lowest BCUT2D eigenvalue weighted by atomic mass is 10.1. The maximum Gasteiger partial charge on any atom is 0.0741 e. The van der Waals surface area contributed by atoms with E-state index in [2.05, 4.69) is 5.10 Å². The average Bonchev–Trinajstić information content (AvgIpc) is 2.92. The molecule has 3 nitrogen and oxygen atoms in total. The van der Waals surface area contributed by atoms with Gasteiger partial charge in [0, 0.05) is 5.56 Å². The second-order valence-corrected chi connectivity index (χ2v) is 4.61. The van der Waals surface area contributed by atoms with Crippen LogP contribution in [0.2, 0.25) is 5.02 Å². The van der Waals surface area contributed by atoms with Gasteiger partial charge < -0.3 is 5.73 Å². The number of hydrogen-bond acceptors (Lipinski definition) is 2. The molecular weight excluding hydrogens is 258 g/mol. The lowest BCUT2D eigenvalue weighted by Crippen LogP contribution is -1.98. The van der Waals surface area contributed by atoms with E-state index in [9.17, 15) is 0 Å². The van der Waals surface area contributed by atoms with Gasteiger partial charge in [0.05, 0.1) is 28.3 Å². The van der Waals surface area contributed by atoms with Crippen molar-refractivity contribution in [1.82, 2.24) is 9.78 Å². The van der Waals surface area contributed by atoms with E-state index in [-0.39, 0.29) is 0 Å². The Morgan fingerprint density at radius 1 is 1.00 bits per heavy atom. The molecule has 19 heavy (non-hydrogen) atoms. The van der Waals surface area contributed by atoms with Crippen molar-refractivity contribution in [2.75, 3.05) is 5.73 Å². The van der Waals surface area contributed by atoms with Crippen LogP contribution < -0.4 is 5.73 Å². The highest BCUT2D eigenvalue weighted by Gasteiger charge is 2.08. The molecule has 0 saturated heterocycles. The summed E-state index contributed by atoms with van der Waals surface area (Å²) in [7, 11) is 0. The molecule has 3 aromatic rings. The Balaban J connectivity index is 2.12. The summed E-state index contributed by atoms with van der Waals surface area (Å²) in [6, 6.07) is 17.5. The normalized spacial score (nSPS) is 10.6. The molecular formula is C15H12ClN3. The van der Waals surface area contributed by atoms with Crippen LogP contribution in [0.4, 0.5) is 5.69 Å². The molecule has 0 saturated carbocycles. The summed E-state index contributed by atoms with van der Waals surface area (Å²) in [6.45, 7) is 0. The number of hydrogen-bond donors (Lipinski definition) is 1. The molecule has 0 bridgehead atoms. The molecule has 3 rings (SSSR count). The Labute approximate surface area is 116 Å². The molecule has 0 fully saturated rings. The molecule has 0 atom stereocenters. The molecule has 0 spiro atoms. The first kappa shape index (κ1) is 11.8. The van der Waals surface area contributed by atoms with Crippen molar-refractivity contribution in [2.45, 2.75) is 0 Å². The van der Waals surface area contributed by atoms with Crippen molar-refractivity contribution in [2.24, 2.45) is 0 Å². The molecule has 0 radical (unpaired) electrons. The Kier molecular flexibility index (Phi) is 2.97. The van der Waals surface area contributed by atoms with Crippen LogP contribution in [0.25, 0.3) is 16.9 Å². The molecule has 0 aliphatic carbocycles. The van der Waals surface area contributed by atoms with Crippen LogP contribution in [0.15, 0.2) is 60.8 Å². The van der Waals surface area contributed by atoms with Gasteiger partial charge in [-0.2, -0.15) is 5.10 Å². The number of benzene rings is 2. The number of anilines is 1. The zero-order valence-electron chi connectivity index (χ0n) is 10.1. The molecule has 0 amide bonds. The van der Waals surface area contributed by atoms with Crippen molar-refractivity contribution in [3.63, 3.8) is 0 Å². The Morgan fingerprint density at radius 2 is 1.79 bits per heavy atom. The SMILES string of the molecule is Nc1cc(-c2ccnn2-c2ccccc2)ccc1Cl. The van der Waals surface area contributed by atoms with E-state index < -0.39 is 0 Å².